The number of thioether (sulfide) groups is 1. The second kappa shape index (κ2) is 8.07. The van der Waals surface area contributed by atoms with Crippen molar-refractivity contribution in [3.8, 4) is 0 Å². The number of hydrogen-bond acceptors (Lipinski definition) is 4. The van der Waals surface area contributed by atoms with Crippen LogP contribution in [0.4, 0.5) is 4.79 Å². The van der Waals surface area contributed by atoms with E-state index in [9.17, 15) is 14.7 Å². The molecule has 0 spiro atoms. The summed E-state index contributed by atoms with van der Waals surface area (Å²) in [6, 6.07) is 18.2. The summed E-state index contributed by atoms with van der Waals surface area (Å²) in [5.41, 5.74) is 1.93. The van der Waals surface area contributed by atoms with Gasteiger partial charge in [-0.3, -0.25) is 4.90 Å². The molecule has 0 saturated carbocycles. The second-order valence-electron chi connectivity index (χ2n) is 5.78. The van der Waals surface area contributed by atoms with E-state index in [1.54, 1.807) is 0 Å². The van der Waals surface area contributed by atoms with Crippen molar-refractivity contribution in [3.05, 3.63) is 71.8 Å². The molecule has 1 aliphatic rings. The lowest BCUT2D eigenvalue weighted by Gasteiger charge is -2.26. The highest BCUT2D eigenvalue weighted by Gasteiger charge is 2.42. The van der Waals surface area contributed by atoms with Crippen molar-refractivity contribution in [3.63, 3.8) is 0 Å². The standard InChI is InChI=1S/C19H19NO4S/c21-18(22)16-13-25-17(11-14-7-3-1-4-8-14)20(16)19(23)24-12-15-9-5-2-6-10-15/h1-10,16-17H,11-13H2,(H,21,22). The van der Waals surface area contributed by atoms with Crippen LogP contribution in [0.25, 0.3) is 0 Å². The summed E-state index contributed by atoms with van der Waals surface area (Å²) in [6.07, 6.45) is 0.0117. The third-order valence-corrected chi connectivity index (χ3v) is 5.33. The van der Waals surface area contributed by atoms with E-state index in [0.717, 1.165) is 11.1 Å². The summed E-state index contributed by atoms with van der Waals surface area (Å²) in [5.74, 6) is -0.632. The molecule has 2 aromatic rings. The molecule has 0 bridgehead atoms. The molecule has 0 radical (unpaired) electrons. The van der Waals surface area contributed by atoms with Gasteiger partial charge in [0, 0.05) is 12.2 Å². The third-order valence-electron chi connectivity index (χ3n) is 4.05. The Kier molecular flexibility index (Phi) is 5.60. The lowest BCUT2D eigenvalue weighted by molar-refractivity contribution is -0.141. The van der Waals surface area contributed by atoms with E-state index in [1.165, 1.54) is 16.7 Å². The topological polar surface area (TPSA) is 66.8 Å². The third kappa shape index (κ3) is 4.33. The van der Waals surface area contributed by atoms with Gasteiger partial charge in [-0.2, -0.15) is 0 Å². The van der Waals surface area contributed by atoms with E-state index in [1.807, 2.05) is 60.7 Å². The average molecular weight is 357 g/mol. The van der Waals surface area contributed by atoms with Crippen LogP contribution in [-0.2, 0) is 22.6 Å². The van der Waals surface area contributed by atoms with Gasteiger partial charge in [-0.1, -0.05) is 60.7 Å². The number of ether oxygens (including phenoxy) is 1. The quantitative estimate of drug-likeness (QED) is 0.888. The Hall–Kier alpha value is -2.47. The Morgan fingerprint density at radius 2 is 1.64 bits per heavy atom. The molecule has 6 heteroatoms. The van der Waals surface area contributed by atoms with Crippen molar-refractivity contribution < 1.29 is 19.4 Å². The molecule has 5 nitrogen and oxygen atoms in total. The number of carbonyl (C=O) groups is 2. The number of nitrogens with zero attached hydrogens (tertiary/aromatic N) is 1. The van der Waals surface area contributed by atoms with Crippen molar-refractivity contribution in [2.45, 2.75) is 24.4 Å². The number of aliphatic carboxylic acids is 1. The highest BCUT2D eigenvalue weighted by molar-refractivity contribution is 8.00. The molecule has 2 unspecified atom stereocenters. The first kappa shape index (κ1) is 17.4. The van der Waals surface area contributed by atoms with Gasteiger partial charge in [0.1, 0.15) is 12.6 Å². The molecule has 130 valence electrons. The number of carboxylic acid groups (broad SMARTS) is 1. The molecule has 1 saturated heterocycles. The maximum Gasteiger partial charge on any atom is 0.411 e. The van der Waals surface area contributed by atoms with Gasteiger partial charge in [0.25, 0.3) is 0 Å². The van der Waals surface area contributed by atoms with E-state index in [4.69, 9.17) is 4.74 Å². The molecule has 0 aromatic heterocycles. The van der Waals surface area contributed by atoms with Gasteiger partial charge in [0.2, 0.25) is 0 Å². The van der Waals surface area contributed by atoms with Crippen molar-refractivity contribution in [1.82, 2.24) is 4.90 Å². The zero-order valence-corrected chi connectivity index (χ0v) is 14.4. The number of amides is 1. The fourth-order valence-corrected chi connectivity index (χ4v) is 4.18. The SMILES string of the molecule is O=C(O)C1CSC(Cc2ccccc2)N1C(=O)OCc1ccccc1. The maximum atomic E-state index is 12.6. The van der Waals surface area contributed by atoms with Crippen LogP contribution in [0.1, 0.15) is 11.1 Å². The molecular weight excluding hydrogens is 338 g/mol. The highest BCUT2D eigenvalue weighted by Crippen LogP contribution is 2.32. The zero-order valence-electron chi connectivity index (χ0n) is 13.6. The lowest BCUT2D eigenvalue weighted by atomic mass is 10.1. The average Bonchev–Trinajstić information content (AvgIpc) is 3.05. The van der Waals surface area contributed by atoms with Gasteiger partial charge in [-0.15, -0.1) is 11.8 Å². The molecule has 2 atom stereocenters. The van der Waals surface area contributed by atoms with Gasteiger partial charge in [-0.05, 0) is 11.1 Å². The Labute approximate surface area is 150 Å². The van der Waals surface area contributed by atoms with E-state index in [2.05, 4.69) is 0 Å². The van der Waals surface area contributed by atoms with E-state index in [0.29, 0.717) is 12.2 Å². The van der Waals surface area contributed by atoms with Crippen LogP contribution in [0, 0.1) is 0 Å². The predicted molar refractivity (Wildman–Crippen MR) is 96.3 cm³/mol. The summed E-state index contributed by atoms with van der Waals surface area (Å²) in [7, 11) is 0. The van der Waals surface area contributed by atoms with Crippen molar-refractivity contribution in [1.29, 1.82) is 0 Å². The summed E-state index contributed by atoms with van der Waals surface area (Å²) in [4.78, 5) is 25.5. The van der Waals surface area contributed by atoms with Gasteiger partial charge in [-0.25, -0.2) is 9.59 Å². The Balaban J connectivity index is 1.70. The minimum absolute atomic E-state index is 0.130. The van der Waals surface area contributed by atoms with Gasteiger partial charge in [0.15, 0.2) is 0 Å². The van der Waals surface area contributed by atoms with Gasteiger partial charge < -0.3 is 9.84 Å². The smallest absolute Gasteiger partial charge is 0.411 e. The molecule has 25 heavy (non-hydrogen) atoms. The maximum absolute atomic E-state index is 12.6. The Morgan fingerprint density at radius 1 is 1.04 bits per heavy atom. The minimum atomic E-state index is -1.00. The van der Waals surface area contributed by atoms with Crippen LogP contribution in [0.15, 0.2) is 60.7 Å². The molecule has 1 aliphatic heterocycles. The van der Waals surface area contributed by atoms with Crippen LogP contribution in [0.3, 0.4) is 0 Å². The van der Waals surface area contributed by atoms with E-state index >= 15 is 0 Å². The zero-order chi connectivity index (χ0) is 17.6. The van der Waals surface area contributed by atoms with Crippen LogP contribution in [0.2, 0.25) is 0 Å². The molecule has 1 fully saturated rings. The normalized spacial score (nSPS) is 19.6. The highest BCUT2D eigenvalue weighted by atomic mass is 32.2. The van der Waals surface area contributed by atoms with E-state index in [-0.39, 0.29) is 12.0 Å². The van der Waals surface area contributed by atoms with Crippen LogP contribution < -0.4 is 0 Å². The fourth-order valence-electron chi connectivity index (χ4n) is 2.77. The van der Waals surface area contributed by atoms with Crippen molar-refractivity contribution >= 4 is 23.8 Å². The molecule has 1 amide bonds. The molecular formula is C19H19NO4S. The minimum Gasteiger partial charge on any atom is -0.480 e. The van der Waals surface area contributed by atoms with Crippen LogP contribution in [0.5, 0.6) is 0 Å². The Bertz CT molecular complexity index is 723. The molecule has 1 N–H and O–H groups in total. The molecule has 2 aromatic carbocycles. The van der Waals surface area contributed by atoms with Crippen molar-refractivity contribution in [2.24, 2.45) is 0 Å². The second-order valence-corrected chi connectivity index (χ2v) is 6.99. The summed E-state index contributed by atoms with van der Waals surface area (Å²) in [6.45, 7) is 0.130. The van der Waals surface area contributed by atoms with Crippen LogP contribution >= 0.6 is 11.8 Å². The predicted octanol–water partition coefficient (Wildman–Crippen LogP) is 3.39. The first-order valence-corrected chi connectivity index (χ1v) is 9.07. The summed E-state index contributed by atoms with van der Waals surface area (Å²) in [5, 5.41) is 9.20. The number of carbonyl (C=O) groups excluding carboxylic acids is 1. The van der Waals surface area contributed by atoms with Gasteiger partial charge in [0.05, 0.1) is 5.37 Å². The number of rotatable bonds is 5. The lowest BCUT2D eigenvalue weighted by Crippen LogP contribution is -2.46. The molecule has 0 aliphatic carbocycles. The largest absolute Gasteiger partial charge is 0.480 e. The van der Waals surface area contributed by atoms with Crippen LogP contribution in [-0.4, -0.2) is 39.2 Å². The summed E-state index contributed by atoms with van der Waals surface area (Å²) >= 11 is 1.48. The van der Waals surface area contributed by atoms with Gasteiger partial charge >= 0.3 is 12.1 Å². The monoisotopic (exact) mass is 357 g/mol. The number of benzene rings is 2. The number of carboxylic acids is 1. The van der Waals surface area contributed by atoms with E-state index < -0.39 is 18.1 Å². The number of hydrogen-bond donors (Lipinski definition) is 1. The Morgan fingerprint density at radius 3 is 2.24 bits per heavy atom. The summed E-state index contributed by atoms with van der Waals surface area (Å²) < 4.78 is 5.37. The molecule has 3 rings (SSSR count). The first-order valence-electron chi connectivity index (χ1n) is 8.02. The first-order chi connectivity index (χ1) is 12.1. The fraction of sp³-hybridized carbons (Fsp3) is 0.263. The molecule has 1 heterocycles. The van der Waals surface area contributed by atoms with Crippen molar-refractivity contribution in [2.75, 3.05) is 5.75 Å².